The SMILES string of the molecule is COc1ncccc1C(=O)NC[C@@H]1CCO[C@H]1c1ccc(F)cc1. The highest BCUT2D eigenvalue weighted by Gasteiger charge is 2.30. The van der Waals surface area contributed by atoms with Crippen LogP contribution in [0.4, 0.5) is 4.39 Å². The molecule has 126 valence electrons. The van der Waals surface area contributed by atoms with E-state index in [1.165, 1.54) is 19.2 Å². The first kappa shape index (κ1) is 16.4. The van der Waals surface area contributed by atoms with Crippen molar-refractivity contribution in [2.75, 3.05) is 20.3 Å². The van der Waals surface area contributed by atoms with Gasteiger partial charge >= 0.3 is 0 Å². The van der Waals surface area contributed by atoms with Gasteiger partial charge < -0.3 is 14.8 Å². The average molecular weight is 330 g/mol. The fourth-order valence-corrected chi connectivity index (χ4v) is 2.91. The molecule has 3 rings (SSSR count). The van der Waals surface area contributed by atoms with Crippen molar-refractivity contribution in [1.82, 2.24) is 10.3 Å². The number of halogens is 1. The number of methoxy groups -OCH3 is 1. The van der Waals surface area contributed by atoms with E-state index in [1.807, 2.05) is 0 Å². The zero-order chi connectivity index (χ0) is 16.9. The van der Waals surface area contributed by atoms with Gasteiger partial charge in [-0.1, -0.05) is 12.1 Å². The Labute approximate surface area is 139 Å². The van der Waals surface area contributed by atoms with Crippen LogP contribution in [0.3, 0.4) is 0 Å². The molecule has 5 nitrogen and oxygen atoms in total. The number of aromatic nitrogens is 1. The Kier molecular flexibility index (Phi) is 5.05. The van der Waals surface area contributed by atoms with Gasteiger partial charge in [-0.2, -0.15) is 0 Å². The van der Waals surface area contributed by atoms with Crippen molar-refractivity contribution in [2.24, 2.45) is 5.92 Å². The summed E-state index contributed by atoms with van der Waals surface area (Å²) in [4.78, 5) is 16.4. The Bertz CT molecular complexity index is 706. The van der Waals surface area contributed by atoms with E-state index >= 15 is 0 Å². The van der Waals surface area contributed by atoms with Gasteiger partial charge in [-0.15, -0.1) is 0 Å². The van der Waals surface area contributed by atoms with Gasteiger partial charge in [0.2, 0.25) is 5.88 Å². The Balaban J connectivity index is 1.65. The standard InChI is InChI=1S/C18H19FN2O3/c1-23-18-15(3-2-9-20-18)17(22)21-11-13-8-10-24-16(13)12-4-6-14(19)7-5-12/h2-7,9,13,16H,8,10-11H2,1H3,(H,21,22)/t13-,16-/m0/s1. The predicted octanol–water partition coefficient (Wildman–Crippen LogP) is 2.74. The van der Waals surface area contributed by atoms with Gasteiger partial charge in [0.15, 0.2) is 0 Å². The van der Waals surface area contributed by atoms with Crippen LogP contribution >= 0.6 is 0 Å². The molecule has 0 radical (unpaired) electrons. The van der Waals surface area contributed by atoms with Crippen molar-refractivity contribution in [3.05, 3.63) is 59.5 Å². The van der Waals surface area contributed by atoms with Gasteiger partial charge in [0.1, 0.15) is 11.4 Å². The summed E-state index contributed by atoms with van der Waals surface area (Å²) in [7, 11) is 1.48. The largest absolute Gasteiger partial charge is 0.480 e. The van der Waals surface area contributed by atoms with Crippen molar-refractivity contribution in [3.63, 3.8) is 0 Å². The molecule has 1 fully saturated rings. The minimum atomic E-state index is -0.273. The molecule has 0 spiro atoms. The lowest BCUT2D eigenvalue weighted by atomic mass is 9.95. The summed E-state index contributed by atoms with van der Waals surface area (Å²) in [5.74, 6) is -0.0650. The van der Waals surface area contributed by atoms with Gasteiger partial charge in [-0.3, -0.25) is 4.79 Å². The molecule has 2 atom stereocenters. The minimum absolute atomic E-state index is 0.137. The molecular formula is C18H19FN2O3. The van der Waals surface area contributed by atoms with Gasteiger partial charge in [-0.25, -0.2) is 9.37 Å². The van der Waals surface area contributed by atoms with E-state index in [-0.39, 0.29) is 23.7 Å². The molecule has 24 heavy (non-hydrogen) atoms. The van der Waals surface area contributed by atoms with E-state index in [4.69, 9.17) is 9.47 Å². The number of rotatable bonds is 5. The Morgan fingerprint density at radius 1 is 1.38 bits per heavy atom. The second kappa shape index (κ2) is 7.40. The molecule has 1 N–H and O–H groups in total. The van der Waals surface area contributed by atoms with Gasteiger partial charge in [-0.05, 0) is 36.2 Å². The molecule has 2 heterocycles. The van der Waals surface area contributed by atoms with E-state index in [0.29, 0.717) is 24.6 Å². The molecule has 0 saturated carbocycles. The van der Waals surface area contributed by atoms with Gasteiger partial charge in [0.05, 0.1) is 13.2 Å². The van der Waals surface area contributed by atoms with Crippen molar-refractivity contribution in [1.29, 1.82) is 0 Å². The van der Waals surface area contributed by atoms with Crippen LogP contribution < -0.4 is 10.1 Å². The smallest absolute Gasteiger partial charge is 0.256 e. The second-order valence-electron chi connectivity index (χ2n) is 5.66. The fraction of sp³-hybridized carbons (Fsp3) is 0.333. The third kappa shape index (κ3) is 3.54. The van der Waals surface area contributed by atoms with Crippen LogP contribution in [0, 0.1) is 11.7 Å². The Morgan fingerprint density at radius 3 is 2.92 bits per heavy atom. The maximum absolute atomic E-state index is 13.1. The number of amides is 1. The summed E-state index contributed by atoms with van der Waals surface area (Å²) in [5, 5.41) is 2.91. The average Bonchev–Trinajstić information content (AvgIpc) is 3.08. The first-order valence-corrected chi connectivity index (χ1v) is 7.83. The van der Waals surface area contributed by atoms with Crippen molar-refractivity contribution >= 4 is 5.91 Å². The number of hydrogen-bond acceptors (Lipinski definition) is 4. The molecular weight excluding hydrogens is 311 g/mol. The van der Waals surface area contributed by atoms with Crippen LogP contribution in [0.15, 0.2) is 42.6 Å². The topological polar surface area (TPSA) is 60.5 Å². The second-order valence-corrected chi connectivity index (χ2v) is 5.66. The zero-order valence-electron chi connectivity index (χ0n) is 13.4. The molecule has 1 aliphatic heterocycles. The Hall–Kier alpha value is -2.47. The number of pyridine rings is 1. The highest BCUT2D eigenvalue weighted by molar-refractivity contribution is 5.96. The lowest BCUT2D eigenvalue weighted by Gasteiger charge is -2.19. The number of hydrogen-bond donors (Lipinski definition) is 1. The number of ether oxygens (including phenoxy) is 2. The number of nitrogens with zero attached hydrogens (tertiary/aromatic N) is 1. The van der Waals surface area contributed by atoms with E-state index in [1.54, 1.807) is 30.5 Å². The molecule has 1 saturated heterocycles. The van der Waals surface area contributed by atoms with Crippen molar-refractivity contribution in [3.8, 4) is 5.88 Å². The third-order valence-corrected chi connectivity index (χ3v) is 4.15. The van der Waals surface area contributed by atoms with E-state index in [9.17, 15) is 9.18 Å². The van der Waals surface area contributed by atoms with Crippen LogP contribution in [0.5, 0.6) is 5.88 Å². The molecule has 0 unspecified atom stereocenters. The van der Waals surface area contributed by atoms with Crippen molar-refractivity contribution < 1.29 is 18.7 Å². The fourth-order valence-electron chi connectivity index (χ4n) is 2.91. The molecule has 2 aromatic rings. The summed E-state index contributed by atoms with van der Waals surface area (Å²) in [6.45, 7) is 1.09. The van der Waals surface area contributed by atoms with Crippen LogP contribution in [0.25, 0.3) is 0 Å². The molecule has 1 aliphatic rings. The van der Waals surface area contributed by atoms with E-state index in [2.05, 4.69) is 10.3 Å². The highest BCUT2D eigenvalue weighted by atomic mass is 19.1. The zero-order valence-corrected chi connectivity index (χ0v) is 13.4. The predicted molar refractivity (Wildman–Crippen MR) is 86.3 cm³/mol. The highest BCUT2D eigenvalue weighted by Crippen LogP contribution is 2.34. The van der Waals surface area contributed by atoms with Crippen LogP contribution in [-0.4, -0.2) is 31.2 Å². The molecule has 6 heteroatoms. The third-order valence-electron chi connectivity index (χ3n) is 4.15. The molecule has 1 aromatic carbocycles. The summed E-state index contributed by atoms with van der Waals surface area (Å²) >= 11 is 0. The summed E-state index contributed by atoms with van der Waals surface area (Å²) in [5.41, 5.74) is 1.32. The Morgan fingerprint density at radius 2 is 2.17 bits per heavy atom. The molecule has 1 aromatic heterocycles. The number of carbonyl (C=O) groups excluding carboxylic acids is 1. The van der Waals surface area contributed by atoms with Crippen molar-refractivity contribution in [2.45, 2.75) is 12.5 Å². The number of benzene rings is 1. The summed E-state index contributed by atoms with van der Waals surface area (Å²) in [6, 6.07) is 9.66. The quantitative estimate of drug-likeness (QED) is 0.916. The lowest BCUT2D eigenvalue weighted by Crippen LogP contribution is -2.31. The number of nitrogens with one attached hydrogen (secondary N) is 1. The first-order chi connectivity index (χ1) is 11.7. The van der Waals surface area contributed by atoms with Gasteiger partial charge in [0, 0.05) is 25.3 Å². The molecule has 1 amide bonds. The number of carbonyl (C=O) groups is 1. The first-order valence-electron chi connectivity index (χ1n) is 7.83. The molecule has 0 bridgehead atoms. The van der Waals surface area contributed by atoms with E-state index in [0.717, 1.165) is 12.0 Å². The van der Waals surface area contributed by atoms with Crippen LogP contribution in [0.1, 0.15) is 28.4 Å². The maximum atomic E-state index is 13.1. The lowest BCUT2D eigenvalue weighted by molar-refractivity contribution is 0.0844. The summed E-state index contributed by atoms with van der Waals surface area (Å²) in [6.07, 6.45) is 2.28. The van der Waals surface area contributed by atoms with Gasteiger partial charge in [0.25, 0.3) is 5.91 Å². The minimum Gasteiger partial charge on any atom is -0.480 e. The molecule has 0 aliphatic carbocycles. The maximum Gasteiger partial charge on any atom is 0.256 e. The normalized spacial score (nSPS) is 19.9. The van der Waals surface area contributed by atoms with E-state index < -0.39 is 0 Å². The monoisotopic (exact) mass is 330 g/mol. The van der Waals surface area contributed by atoms with Crippen LogP contribution in [-0.2, 0) is 4.74 Å². The van der Waals surface area contributed by atoms with Crippen LogP contribution in [0.2, 0.25) is 0 Å². The summed E-state index contributed by atoms with van der Waals surface area (Å²) < 4.78 is 23.9.